The number of amides is 1. The third-order valence-corrected chi connectivity index (χ3v) is 7.01. The van der Waals surface area contributed by atoms with Crippen molar-refractivity contribution in [2.24, 2.45) is 0 Å². The maximum absolute atomic E-state index is 12.9. The molecule has 0 saturated heterocycles. The number of aryl methyl sites for hydroxylation is 1. The number of carbonyl (C=O) groups is 3. The number of aromatic nitrogens is 2. The van der Waals surface area contributed by atoms with Crippen molar-refractivity contribution in [2.45, 2.75) is 6.92 Å². The minimum absolute atomic E-state index is 0.238. The summed E-state index contributed by atoms with van der Waals surface area (Å²) in [4.78, 5) is 38.9. The molecule has 4 aromatic heterocycles. The van der Waals surface area contributed by atoms with E-state index in [4.69, 9.17) is 4.74 Å². The number of methoxy groups -OCH3 is 1. The summed E-state index contributed by atoms with van der Waals surface area (Å²) in [5, 5.41) is 10.7. The highest BCUT2D eigenvalue weighted by atomic mass is 32.1. The molecule has 4 rings (SSSR count). The Balaban J connectivity index is 1.86. The van der Waals surface area contributed by atoms with Crippen molar-refractivity contribution in [3.05, 3.63) is 55.2 Å². The number of esters is 1. The van der Waals surface area contributed by atoms with E-state index in [1.165, 1.54) is 34.5 Å². The van der Waals surface area contributed by atoms with Crippen LogP contribution in [-0.4, -0.2) is 34.7 Å². The minimum Gasteiger partial charge on any atom is -0.465 e. The van der Waals surface area contributed by atoms with E-state index in [2.05, 4.69) is 10.4 Å². The van der Waals surface area contributed by atoms with E-state index < -0.39 is 5.97 Å². The Bertz CT molecular complexity index is 1190. The number of hydrogen-bond acceptors (Lipinski definition) is 8. The Morgan fingerprint density at radius 3 is 2.39 bits per heavy atom. The van der Waals surface area contributed by atoms with Crippen LogP contribution in [0.2, 0.25) is 0 Å². The molecule has 4 heterocycles. The number of thiophene rings is 3. The molecule has 0 atom stereocenters. The van der Waals surface area contributed by atoms with Gasteiger partial charge in [0.25, 0.3) is 11.8 Å². The van der Waals surface area contributed by atoms with E-state index in [1.54, 1.807) is 41.9 Å². The first kappa shape index (κ1) is 18.5. The summed E-state index contributed by atoms with van der Waals surface area (Å²) in [6, 6.07) is 6.95. The van der Waals surface area contributed by atoms with E-state index in [0.717, 1.165) is 11.3 Å². The highest BCUT2D eigenvalue weighted by Crippen LogP contribution is 2.37. The number of fused-ring (bicyclic) bond motifs is 1. The molecule has 4 aromatic rings. The molecule has 0 bridgehead atoms. The van der Waals surface area contributed by atoms with E-state index in [9.17, 15) is 14.4 Å². The van der Waals surface area contributed by atoms with Crippen molar-refractivity contribution < 1.29 is 19.1 Å². The lowest BCUT2D eigenvalue weighted by Crippen LogP contribution is -2.15. The van der Waals surface area contributed by atoms with Gasteiger partial charge in [-0.1, -0.05) is 12.1 Å². The van der Waals surface area contributed by atoms with Gasteiger partial charge >= 0.3 is 5.97 Å². The minimum atomic E-state index is -0.496. The Hall–Kier alpha value is -2.82. The van der Waals surface area contributed by atoms with Crippen LogP contribution in [0, 0.1) is 6.92 Å². The molecule has 0 aromatic carbocycles. The zero-order valence-corrected chi connectivity index (χ0v) is 17.2. The second-order valence-corrected chi connectivity index (χ2v) is 8.62. The fourth-order valence-electron chi connectivity index (χ4n) is 2.71. The predicted molar refractivity (Wildman–Crippen MR) is 110 cm³/mol. The average Bonchev–Trinajstić information content (AvgIpc) is 3.47. The number of nitrogens with one attached hydrogen (secondary N) is 1. The van der Waals surface area contributed by atoms with Gasteiger partial charge in [-0.05, 0) is 29.8 Å². The van der Waals surface area contributed by atoms with E-state index in [0.29, 0.717) is 30.4 Å². The third-order valence-electron chi connectivity index (χ3n) is 4.01. The number of ether oxygens (including phenoxy) is 1. The van der Waals surface area contributed by atoms with Gasteiger partial charge in [-0.25, -0.2) is 4.79 Å². The number of carbonyl (C=O) groups excluding carboxylic acids is 3. The van der Waals surface area contributed by atoms with Crippen molar-refractivity contribution in [3.8, 4) is 0 Å². The SMILES string of the molecule is COC(=O)c1sc2c(NC(=O)c3cccs3)nn(C(=O)c3cccs3)c2c1C. The lowest BCUT2D eigenvalue weighted by Gasteiger charge is -2.02. The number of rotatable bonds is 4. The molecule has 142 valence electrons. The van der Waals surface area contributed by atoms with Gasteiger partial charge in [-0.15, -0.1) is 39.1 Å². The quantitative estimate of drug-likeness (QED) is 0.488. The Kier molecular flexibility index (Phi) is 4.84. The summed E-state index contributed by atoms with van der Waals surface area (Å²) in [7, 11) is 1.30. The Morgan fingerprint density at radius 1 is 1.11 bits per heavy atom. The number of anilines is 1. The summed E-state index contributed by atoms with van der Waals surface area (Å²) in [6.07, 6.45) is 0. The molecular weight excluding hydrogens is 418 g/mol. The molecule has 0 radical (unpaired) electrons. The molecule has 10 heteroatoms. The zero-order valence-electron chi connectivity index (χ0n) is 14.7. The van der Waals surface area contributed by atoms with E-state index in [1.807, 2.05) is 0 Å². The van der Waals surface area contributed by atoms with Crippen molar-refractivity contribution in [1.82, 2.24) is 9.78 Å². The maximum atomic E-state index is 12.9. The average molecular weight is 432 g/mol. The lowest BCUT2D eigenvalue weighted by molar-refractivity contribution is 0.0605. The fraction of sp³-hybridized carbons (Fsp3) is 0.111. The predicted octanol–water partition coefficient (Wildman–Crippen LogP) is 4.26. The number of nitrogens with zero attached hydrogens (tertiary/aromatic N) is 2. The van der Waals surface area contributed by atoms with Crippen LogP contribution in [0.3, 0.4) is 0 Å². The molecule has 0 fully saturated rings. The van der Waals surface area contributed by atoms with Crippen molar-refractivity contribution in [3.63, 3.8) is 0 Å². The molecule has 0 saturated carbocycles. The van der Waals surface area contributed by atoms with Crippen molar-refractivity contribution in [1.29, 1.82) is 0 Å². The standard InChI is InChI=1S/C18H13N3O4S3/c1-9-12-14(28-13(9)18(24)25-2)15(19-16(22)10-5-3-7-26-10)20-21(12)17(23)11-6-4-8-27-11/h3-8H,1-2H3,(H,19,20,22). The van der Waals surface area contributed by atoms with Gasteiger partial charge in [-0.3, -0.25) is 9.59 Å². The monoisotopic (exact) mass is 431 g/mol. The van der Waals surface area contributed by atoms with Crippen LogP contribution in [0.15, 0.2) is 35.0 Å². The van der Waals surface area contributed by atoms with Crippen molar-refractivity contribution in [2.75, 3.05) is 12.4 Å². The first-order valence-corrected chi connectivity index (χ1v) is 10.6. The first-order valence-electron chi connectivity index (χ1n) is 8.04. The second-order valence-electron chi connectivity index (χ2n) is 5.70. The molecule has 1 amide bonds. The van der Waals surface area contributed by atoms with Gasteiger partial charge in [0.05, 0.1) is 27.1 Å². The molecule has 0 aliphatic heterocycles. The summed E-state index contributed by atoms with van der Waals surface area (Å²) < 4.78 is 6.63. The Morgan fingerprint density at radius 2 is 1.79 bits per heavy atom. The van der Waals surface area contributed by atoms with E-state index >= 15 is 0 Å². The normalized spacial score (nSPS) is 10.9. The highest BCUT2D eigenvalue weighted by molar-refractivity contribution is 7.21. The van der Waals surface area contributed by atoms with Gasteiger partial charge in [0.2, 0.25) is 0 Å². The molecule has 28 heavy (non-hydrogen) atoms. The number of hydrogen-bond donors (Lipinski definition) is 1. The van der Waals surface area contributed by atoms with Gasteiger partial charge in [0, 0.05) is 5.56 Å². The van der Waals surface area contributed by atoms with Crippen LogP contribution in [0.1, 0.15) is 34.6 Å². The van der Waals surface area contributed by atoms with Crippen LogP contribution >= 0.6 is 34.0 Å². The smallest absolute Gasteiger partial charge is 0.348 e. The third kappa shape index (κ3) is 3.05. The maximum Gasteiger partial charge on any atom is 0.348 e. The van der Waals surface area contributed by atoms with Gasteiger partial charge < -0.3 is 10.1 Å². The topological polar surface area (TPSA) is 90.3 Å². The molecule has 0 unspecified atom stereocenters. The van der Waals surface area contributed by atoms with Crippen LogP contribution < -0.4 is 5.32 Å². The lowest BCUT2D eigenvalue weighted by atomic mass is 10.2. The first-order chi connectivity index (χ1) is 13.5. The molecule has 0 spiro atoms. The zero-order chi connectivity index (χ0) is 19.8. The van der Waals surface area contributed by atoms with Crippen LogP contribution in [-0.2, 0) is 4.74 Å². The highest BCUT2D eigenvalue weighted by Gasteiger charge is 2.27. The van der Waals surface area contributed by atoms with Crippen molar-refractivity contribution >= 4 is 67.8 Å². The molecule has 7 nitrogen and oxygen atoms in total. The van der Waals surface area contributed by atoms with Gasteiger partial charge in [0.15, 0.2) is 5.82 Å². The van der Waals surface area contributed by atoms with E-state index in [-0.39, 0.29) is 17.6 Å². The summed E-state index contributed by atoms with van der Waals surface area (Å²) in [6.45, 7) is 1.73. The van der Waals surface area contributed by atoms with Crippen LogP contribution in [0.4, 0.5) is 5.82 Å². The largest absolute Gasteiger partial charge is 0.465 e. The molecular formula is C18H13N3O4S3. The fourth-order valence-corrected chi connectivity index (χ4v) is 5.13. The summed E-state index contributed by atoms with van der Waals surface area (Å²) in [5.74, 6) is -0.907. The summed E-state index contributed by atoms with van der Waals surface area (Å²) in [5.41, 5.74) is 1.08. The van der Waals surface area contributed by atoms with Crippen LogP contribution in [0.25, 0.3) is 10.2 Å². The van der Waals surface area contributed by atoms with Gasteiger partial charge in [0.1, 0.15) is 4.88 Å². The molecule has 1 N–H and O–H groups in total. The summed E-state index contributed by atoms with van der Waals surface area (Å²) >= 11 is 3.74. The van der Waals surface area contributed by atoms with Crippen LogP contribution in [0.5, 0.6) is 0 Å². The second kappa shape index (κ2) is 7.30. The Labute approximate surface area is 171 Å². The molecule has 0 aliphatic rings. The molecule has 0 aliphatic carbocycles. The van der Waals surface area contributed by atoms with Gasteiger partial charge in [-0.2, -0.15) is 4.68 Å².